The van der Waals surface area contributed by atoms with E-state index in [4.69, 9.17) is 0 Å². The third-order valence-electron chi connectivity index (χ3n) is 5.69. The zero-order chi connectivity index (χ0) is 16.5. The third kappa shape index (κ3) is 3.98. The van der Waals surface area contributed by atoms with E-state index in [0.29, 0.717) is 24.9 Å². The summed E-state index contributed by atoms with van der Waals surface area (Å²) in [5.41, 5.74) is 2.09. The fourth-order valence-electron chi connectivity index (χ4n) is 4.27. The molecule has 3 heterocycles. The highest BCUT2D eigenvalue weighted by molar-refractivity contribution is 5.96. The number of carbonyl (C=O) groups excluding carboxylic acids is 2. The Labute approximate surface area is 154 Å². The summed E-state index contributed by atoms with van der Waals surface area (Å²) in [6.07, 6.45) is 5.32. The van der Waals surface area contributed by atoms with Crippen LogP contribution in [0.4, 0.5) is 5.69 Å². The molecule has 2 N–H and O–H groups in total. The number of para-hydroxylation sites is 1. The first-order chi connectivity index (χ1) is 11.7. The lowest BCUT2D eigenvalue weighted by atomic mass is 9.89. The number of rotatable bonds is 3. The van der Waals surface area contributed by atoms with E-state index < -0.39 is 0 Å². The van der Waals surface area contributed by atoms with Gasteiger partial charge in [0, 0.05) is 43.2 Å². The minimum atomic E-state index is -0.0922. The van der Waals surface area contributed by atoms with E-state index in [1.165, 1.54) is 18.4 Å². The Morgan fingerprint density at radius 3 is 2.84 bits per heavy atom. The standard InChI is InChI=1S/C19H25N3O2.ClH/c23-18(22-10-9-15-6-7-16(12-22)20-15)8-5-14-11-13-3-1-2-4-17(13)21-19(14)24;/h1-4,14-16,20H,5-12H2,(H,21,24);1H. The van der Waals surface area contributed by atoms with Crippen molar-refractivity contribution in [3.63, 3.8) is 0 Å². The van der Waals surface area contributed by atoms with Crippen LogP contribution in [0.5, 0.6) is 0 Å². The molecular formula is C19H26ClN3O2. The summed E-state index contributed by atoms with van der Waals surface area (Å²) in [6, 6.07) is 8.98. The second-order valence-electron chi connectivity index (χ2n) is 7.35. The number of amides is 2. The topological polar surface area (TPSA) is 61.4 Å². The van der Waals surface area contributed by atoms with Crippen molar-refractivity contribution < 1.29 is 9.59 Å². The summed E-state index contributed by atoms with van der Waals surface area (Å²) in [6.45, 7) is 1.68. The van der Waals surface area contributed by atoms with Crippen molar-refractivity contribution in [1.29, 1.82) is 0 Å². The first-order valence-corrected chi connectivity index (χ1v) is 9.11. The second kappa shape index (κ2) is 7.75. The van der Waals surface area contributed by atoms with E-state index in [1.807, 2.05) is 23.1 Å². The van der Waals surface area contributed by atoms with Gasteiger partial charge in [0.25, 0.3) is 0 Å². The van der Waals surface area contributed by atoms with Crippen molar-refractivity contribution in [1.82, 2.24) is 10.2 Å². The van der Waals surface area contributed by atoms with Crippen LogP contribution >= 0.6 is 12.4 Å². The maximum absolute atomic E-state index is 12.6. The van der Waals surface area contributed by atoms with Crippen molar-refractivity contribution >= 4 is 29.9 Å². The number of carbonyl (C=O) groups is 2. The van der Waals surface area contributed by atoms with Crippen LogP contribution in [0.25, 0.3) is 0 Å². The Bertz CT molecular complexity index is 651. The molecular weight excluding hydrogens is 338 g/mol. The van der Waals surface area contributed by atoms with Gasteiger partial charge in [0.1, 0.15) is 0 Å². The van der Waals surface area contributed by atoms with Gasteiger partial charge in [0.15, 0.2) is 0 Å². The highest BCUT2D eigenvalue weighted by Crippen LogP contribution is 2.28. The number of anilines is 1. The van der Waals surface area contributed by atoms with Gasteiger partial charge in [-0.15, -0.1) is 12.4 Å². The molecule has 3 aliphatic heterocycles. The number of likely N-dealkylation sites (tertiary alicyclic amines) is 1. The van der Waals surface area contributed by atoms with Gasteiger partial charge in [0.2, 0.25) is 11.8 Å². The molecule has 1 aromatic rings. The molecule has 25 heavy (non-hydrogen) atoms. The minimum absolute atomic E-state index is 0. The number of benzene rings is 1. The molecule has 1 aromatic carbocycles. The molecule has 0 aromatic heterocycles. The Morgan fingerprint density at radius 1 is 1.16 bits per heavy atom. The molecule has 2 saturated heterocycles. The third-order valence-corrected chi connectivity index (χ3v) is 5.69. The smallest absolute Gasteiger partial charge is 0.227 e. The number of nitrogens with one attached hydrogen (secondary N) is 2. The number of fused-ring (bicyclic) bond motifs is 3. The lowest BCUT2D eigenvalue weighted by molar-refractivity contribution is -0.132. The van der Waals surface area contributed by atoms with E-state index in [1.54, 1.807) is 0 Å². The van der Waals surface area contributed by atoms with E-state index in [0.717, 1.165) is 31.6 Å². The van der Waals surface area contributed by atoms with Crippen molar-refractivity contribution in [2.45, 2.75) is 50.6 Å². The zero-order valence-electron chi connectivity index (χ0n) is 14.4. The summed E-state index contributed by atoms with van der Waals surface area (Å²) in [7, 11) is 0. The molecule has 2 bridgehead atoms. The number of halogens is 1. The van der Waals surface area contributed by atoms with Crippen LogP contribution in [-0.4, -0.2) is 41.9 Å². The first kappa shape index (κ1) is 18.2. The maximum Gasteiger partial charge on any atom is 0.227 e. The molecule has 3 unspecified atom stereocenters. The van der Waals surface area contributed by atoms with Crippen LogP contribution in [0.15, 0.2) is 24.3 Å². The molecule has 136 valence electrons. The van der Waals surface area contributed by atoms with Gasteiger partial charge in [0.05, 0.1) is 0 Å². The predicted octanol–water partition coefficient (Wildman–Crippen LogP) is 2.35. The quantitative estimate of drug-likeness (QED) is 0.866. The summed E-state index contributed by atoms with van der Waals surface area (Å²) >= 11 is 0. The largest absolute Gasteiger partial charge is 0.341 e. The van der Waals surface area contributed by atoms with Crippen LogP contribution < -0.4 is 10.6 Å². The fourth-order valence-corrected chi connectivity index (χ4v) is 4.27. The molecule has 4 rings (SSSR count). The van der Waals surface area contributed by atoms with Crippen LogP contribution in [0.2, 0.25) is 0 Å². The number of hydrogen-bond donors (Lipinski definition) is 2. The fraction of sp³-hybridized carbons (Fsp3) is 0.579. The van der Waals surface area contributed by atoms with E-state index in [9.17, 15) is 9.59 Å². The zero-order valence-corrected chi connectivity index (χ0v) is 15.2. The van der Waals surface area contributed by atoms with Gasteiger partial charge >= 0.3 is 0 Å². The normalized spacial score (nSPS) is 27.8. The molecule has 3 aliphatic rings. The Kier molecular flexibility index (Phi) is 5.64. The predicted molar refractivity (Wildman–Crippen MR) is 99.9 cm³/mol. The summed E-state index contributed by atoms with van der Waals surface area (Å²) < 4.78 is 0. The van der Waals surface area contributed by atoms with E-state index in [-0.39, 0.29) is 30.1 Å². The first-order valence-electron chi connectivity index (χ1n) is 9.11. The summed E-state index contributed by atoms with van der Waals surface area (Å²) in [5, 5.41) is 6.57. The van der Waals surface area contributed by atoms with Gasteiger partial charge in [-0.2, -0.15) is 0 Å². The molecule has 0 spiro atoms. The molecule has 2 amide bonds. The van der Waals surface area contributed by atoms with Gasteiger partial charge in [-0.25, -0.2) is 0 Å². The second-order valence-corrected chi connectivity index (χ2v) is 7.35. The highest BCUT2D eigenvalue weighted by Gasteiger charge is 2.32. The van der Waals surface area contributed by atoms with E-state index in [2.05, 4.69) is 16.7 Å². The maximum atomic E-state index is 12.6. The minimum Gasteiger partial charge on any atom is -0.341 e. The average molecular weight is 364 g/mol. The SMILES string of the molecule is Cl.O=C1Nc2ccccc2CC1CCC(=O)N1CCC2CCC(C1)N2. The average Bonchev–Trinajstić information content (AvgIpc) is 2.91. The monoisotopic (exact) mass is 363 g/mol. The van der Waals surface area contributed by atoms with Crippen molar-refractivity contribution in [2.75, 3.05) is 18.4 Å². The Morgan fingerprint density at radius 2 is 1.96 bits per heavy atom. The number of hydrogen-bond acceptors (Lipinski definition) is 3. The Balaban J connectivity index is 0.00000182. The molecule has 0 radical (unpaired) electrons. The highest BCUT2D eigenvalue weighted by atomic mass is 35.5. The molecule has 3 atom stereocenters. The lowest BCUT2D eigenvalue weighted by Gasteiger charge is -2.27. The van der Waals surface area contributed by atoms with Crippen molar-refractivity contribution in [3.8, 4) is 0 Å². The molecule has 6 heteroatoms. The molecule has 5 nitrogen and oxygen atoms in total. The molecule has 2 fully saturated rings. The van der Waals surface area contributed by atoms with Crippen LogP contribution in [-0.2, 0) is 16.0 Å². The summed E-state index contributed by atoms with van der Waals surface area (Å²) in [5.74, 6) is 0.166. The van der Waals surface area contributed by atoms with Gasteiger partial charge in [-0.1, -0.05) is 18.2 Å². The number of nitrogens with zero attached hydrogens (tertiary/aromatic N) is 1. The Hall–Kier alpha value is -1.59. The van der Waals surface area contributed by atoms with Crippen molar-refractivity contribution in [2.24, 2.45) is 5.92 Å². The van der Waals surface area contributed by atoms with Gasteiger partial charge < -0.3 is 15.5 Å². The van der Waals surface area contributed by atoms with Crippen LogP contribution in [0, 0.1) is 5.92 Å². The lowest BCUT2D eigenvalue weighted by Crippen LogP contribution is -2.39. The van der Waals surface area contributed by atoms with Gasteiger partial charge in [-0.05, 0) is 43.7 Å². The molecule has 0 saturated carbocycles. The van der Waals surface area contributed by atoms with Crippen LogP contribution in [0.1, 0.15) is 37.7 Å². The summed E-state index contributed by atoms with van der Waals surface area (Å²) in [4.78, 5) is 26.9. The van der Waals surface area contributed by atoms with Gasteiger partial charge in [-0.3, -0.25) is 9.59 Å². The van der Waals surface area contributed by atoms with E-state index >= 15 is 0 Å². The van der Waals surface area contributed by atoms with Crippen molar-refractivity contribution in [3.05, 3.63) is 29.8 Å². The van der Waals surface area contributed by atoms with Crippen LogP contribution in [0.3, 0.4) is 0 Å². The molecule has 0 aliphatic carbocycles.